The number of hydrogen-bond donors (Lipinski definition) is 0. The quantitative estimate of drug-likeness (QED) is 0.537. The molecule has 8 heteroatoms. The third kappa shape index (κ3) is 3.31. The number of halogens is 7. The molecule has 0 spiro atoms. The summed E-state index contributed by atoms with van der Waals surface area (Å²) in [4.78, 5) is 3.51. The molecule has 0 unspecified atom stereocenters. The second kappa shape index (κ2) is 5.60. The lowest BCUT2D eigenvalue weighted by Crippen LogP contribution is -2.08. The molecule has 0 aliphatic carbocycles. The van der Waals surface area contributed by atoms with Crippen molar-refractivity contribution in [1.29, 1.82) is 0 Å². The van der Waals surface area contributed by atoms with Crippen LogP contribution in [0.5, 0.6) is 0 Å². The Labute approximate surface area is 132 Å². The predicted octanol–water partition coefficient (Wildman–Crippen LogP) is 6.38. The maximum absolute atomic E-state index is 12.7. The van der Waals surface area contributed by atoms with Crippen LogP contribution in [0.1, 0.15) is 5.69 Å². The summed E-state index contributed by atoms with van der Waals surface area (Å²) in [6.45, 7) is 0. The van der Waals surface area contributed by atoms with Crippen molar-refractivity contribution in [3.63, 3.8) is 0 Å². The van der Waals surface area contributed by atoms with Gasteiger partial charge in [0.1, 0.15) is 5.69 Å². The van der Waals surface area contributed by atoms with Crippen LogP contribution in [0.4, 0.5) is 13.2 Å². The summed E-state index contributed by atoms with van der Waals surface area (Å²) < 4.78 is 38.1. The van der Waals surface area contributed by atoms with Crippen LogP contribution in [0.3, 0.4) is 0 Å². The first-order chi connectivity index (χ1) is 9.18. The summed E-state index contributed by atoms with van der Waals surface area (Å²) in [6, 6.07) is 4.73. The van der Waals surface area contributed by atoms with E-state index in [2.05, 4.69) is 4.98 Å². The molecule has 0 atom stereocenters. The van der Waals surface area contributed by atoms with Gasteiger partial charge in [0, 0.05) is 15.6 Å². The van der Waals surface area contributed by atoms with Crippen LogP contribution in [0.15, 0.2) is 24.3 Å². The van der Waals surface area contributed by atoms with Gasteiger partial charge in [-0.15, -0.1) is 0 Å². The zero-order valence-corrected chi connectivity index (χ0v) is 12.4. The first-order valence-corrected chi connectivity index (χ1v) is 6.59. The number of alkyl halides is 3. The molecule has 1 aromatic heterocycles. The van der Waals surface area contributed by atoms with Gasteiger partial charge in [-0.2, -0.15) is 13.2 Å². The Balaban J connectivity index is 2.68. The molecule has 0 saturated heterocycles. The normalized spacial score (nSPS) is 11.8. The minimum atomic E-state index is -4.62. The maximum Gasteiger partial charge on any atom is 0.433 e. The van der Waals surface area contributed by atoms with E-state index in [-0.39, 0.29) is 31.3 Å². The van der Waals surface area contributed by atoms with Crippen LogP contribution in [-0.4, -0.2) is 4.98 Å². The van der Waals surface area contributed by atoms with E-state index >= 15 is 0 Å². The van der Waals surface area contributed by atoms with E-state index in [1.54, 1.807) is 0 Å². The molecule has 0 aliphatic heterocycles. The number of pyridine rings is 1. The molecule has 0 fully saturated rings. The number of benzene rings is 1. The fraction of sp³-hybridized carbons (Fsp3) is 0.0833. The molecular weight excluding hydrogens is 357 g/mol. The minimum absolute atomic E-state index is 0.0546. The second-order valence-electron chi connectivity index (χ2n) is 3.80. The Morgan fingerprint density at radius 3 is 2.05 bits per heavy atom. The molecule has 0 bridgehead atoms. The van der Waals surface area contributed by atoms with Crippen LogP contribution in [0.2, 0.25) is 20.1 Å². The molecule has 2 rings (SSSR count). The lowest BCUT2D eigenvalue weighted by atomic mass is 10.1. The molecule has 1 aromatic carbocycles. The minimum Gasteiger partial charge on any atom is -0.243 e. The average molecular weight is 361 g/mol. The molecule has 0 N–H and O–H groups in total. The Kier molecular flexibility index (Phi) is 4.40. The van der Waals surface area contributed by atoms with Gasteiger partial charge in [-0.25, -0.2) is 4.98 Å². The van der Waals surface area contributed by atoms with Crippen LogP contribution < -0.4 is 0 Å². The van der Waals surface area contributed by atoms with Crippen molar-refractivity contribution in [1.82, 2.24) is 4.98 Å². The highest BCUT2D eigenvalue weighted by Gasteiger charge is 2.33. The number of aromatic nitrogens is 1. The lowest BCUT2D eigenvalue weighted by molar-refractivity contribution is -0.141. The van der Waals surface area contributed by atoms with Crippen molar-refractivity contribution in [3.8, 4) is 11.3 Å². The van der Waals surface area contributed by atoms with Crippen LogP contribution in [0.25, 0.3) is 11.3 Å². The van der Waals surface area contributed by atoms with Crippen molar-refractivity contribution < 1.29 is 13.2 Å². The van der Waals surface area contributed by atoms with E-state index in [1.165, 1.54) is 18.2 Å². The highest BCUT2D eigenvalue weighted by molar-refractivity contribution is 6.45. The summed E-state index contributed by atoms with van der Waals surface area (Å²) in [7, 11) is 0. The van der Waals surface area contributed by atoms with Gasteiger partial charge in [-0.05, 0) is 24.3 Å². The van der Waals surface area contributed by atoms with Gasteiger partial charge >= 0.3 is 6.18 Å². The molecule has 106 valence electrons. The third-order valence-corrected chi connectivity index (χ3v) is 3.59. The molecular formula is C12H4Cl4F3N. The molecule has 2 aromatic rings. The Bertz CT molecular complexity index is 670. The molecule has 20 heavy (non-hydrogen) atoms. The first-order valence-electron chi connectivity index (χ1n) is 5.08. The highest BCUT2D eigenvalue weighted by atomic mass is 35.5. The number of hydrogen-bond acceptors (Lipinski definition) is 1. The van der Waals surface area contributed by atoms with Gasteiger partial charge in [0.25, 0.3) is 0 Å². The van der Waals surface area contributed by atoms with Crippen molar-refractivity contribution in [3.05, 3.63) is 50.0 Å². The molecule has 1 nitrogen and oxygen atoms in total. The van der Waals surface area contributed by atoms with Gasteiger partial charge in [0.05, 0.1) is 15.7 Å². The predicted molar refractivity (Wildman–Crippen MR) is 74.7 cm³/mol. The third-order valence-electron chi connectivity index (χ3n) is 2.35. The van der Waals surface area contributed by atoms with E-state index in [9.17, 15) is 13.2 Å². The van der Waals surface area contributed by atoms with E-state index in [0.29, 0.717) is 0 Å². The van der Waals surface area contributed by atoms with Crippen molar-refractivity contribution >= 4 is 46.4 Å². The summed E-state index contributed by atoms with van der Waals surface area (Å²) in [5, 5.41) is 0.280. The van der Waals surface area contributed by atoms with Gasteiger partial charge in [0.15, 0.2) is 0 Å². The van der Waals surface area contributed by atoms with Gasteiger partial charge in [-0.3, -0.25) is 0 Å². The SMILES string of the molecule is FC(F)(F)c1cc(Cl)cc(-c2cc(Cl)cc(Cl)c2Cl)n1. The van der Waals surface area contributed by atoms with Crippen LogP contribution in [-0.2, 0) is 6.18 Å². The lowest BCUT2D eigenvalue weighted by Gasteiger charge is -2.11. The average Bonchev–Trinajstić information content (AvgIpc) is 2.32. The monoisotopic (exact) mass is 359 g/mol. The van der Waals surface area contributed by atoms with Gasteiger partial charge in [-0.1, -0.05) is 46.4 Å². The largest absolute Gasteiger partial charge is 0.433 e. The zero-order chi connectivity index (χ0) is 15.1. The summed E-state index contributed by atoms with van der Waals surface area (Å²) in [5.74, 6) is 0. The number of nitrogens with zero attached hydrogens (tertiary/aromatic N) is 1. The van der Waals surface area contributed by atoms with Gasteiger partial charge < -0.3 is 0 Å². The molecule has 0 radical (unpaired) electrons. The molecule has 0 aliphatic rings. The molecule has 0 amide bonds. The zero-order valence-electron chi connectivity index (χ0n) is 9.40. The Morgan fingerprint density at radius 2 is 1.45 bits per heavy atom. The fourth-order valence-electron chi connectivity index (χ4n) is 1.52. The standard InChI is InChI=1S/C12H4Cl4F3N/c13-5-1-7(11(16)8(15)2-5)9-3-6(14)4-10(20-9)12(17,18)19/h1-4H. The van der Waals surface area contributed by atoms with Crippen molar-refractivity contribution in [2.24, 2.45) is 0 Å². The second-order valence-corrected chi connectivity index (χ2v) is 5.46. The van der Waals surface area contributed by atoms with Gasteiger partial charge in [0.2, 0.25) is 0 Å². The van der Waals surface area contributed by atoms with Crippen molar-refractivity contribution in [2.45, 2.75) is 6.18 Å². The smallest absolute Gasteiger partial charge is 0.243 e. The van der Waals surface area contributed by atoms with E-state index in [4.69, 9.17) is 46.4 Å². The van der Waals surface area contributed by atoms with E-state index in [0.717, 1.165) is 6.07 Å². The van der Waals surface area contributed by atoms with E-state index < -0.39 is 11.9 Å². The van der Waals surface area contributed by atoms with Crippen LogP contribution in [0, 0.1) is 0 Å². The fourth-order valence-corrected chi connectivity index (χ4v) is 2.43. The molecule has 0 saturated carbocycles. The molecule has 1 heterocycles. The highest BCUT2D eigenvalue weighted by Crippen LogP contribution is 2.38. The van der Waals surface area contributed by atoms with Crippen LogP contribution >= 0.6 is 46.4 Å². The number of rotatable bonds is 1. The summed E-state index contributed by atoms with van der Waals surface area (Å²) in [6.07, 6.45) is -4.62. The Morgan fingerprint density at radius 1 is 0.850 bits per heavy atom. The Hall–Kier alpha value is -0.680. The summed E-state index contributed by atoms with van der Waals surface area (Å²) >= 11 is 23.3. The maximum atomic E-state index is 12.7. The first kappa shape index (κ1) is 15.7. The van der Waals surface area contributed by atoms with E-state index in [1.807, 2.05) is 0 Å². The summed E-state index contributed by atoms with van der Waals surface area (Å²) in [5.41, 5.74) is -0.997. The van der Waals surface area contributed by atoms with Crippen molar-refractivity contribution in [2.75, 3.05) is 0 Å². The topological polar surface area (TPSA) is 12.9 Å².